The van der Waals surface area contributed by atoms with Crippen LogP contribution >= 0.6 is 11.6 Å². The van der Waals surface area contributed by atoms with E-state index in [4.69, 9.17) is 16.3 Å². The molecule has 1 unspecified atom stereocenters. The lowest BCUT2D eigenvalue weighted by Gasteiger charge is -2.19. The van der Waals surface area contributed by atoms with E-state index < -0.39 is 0 Å². The summed E-state index contributed by atoms with van der Waals surface area (Å²) in [4.78, 5) is 8.89. The van der Waals surface area contributed by atoms with E-state index in [1.807, 2.05) is 18.2 Å². The van der Waals surface area contributed by atoms with Crippen LogP contribution in [0.5, 0.6) is 5.75 Å². The van der Waals surface area contributed by atoms with Gasteiger partial charge in [-0.25, -0.2) is 9.97 Å². The number of nitrogens with zero attached hydrogens (tertiary/aromatic N) is 2. The predicted molar refractivity (Wildman–Crippen MR) is 84.0 cm³/mol. The summed E-state index contributed by atoms with van der Waals surface area (Å²) < 4.78 is 5.67. The van der Waals surface area contributed by atoms with Crippen molar-refractivity contribution in [2.24, 2.45) is 0 Å². The average Bonchev–Trinajstić information content (AvgIpc) is 2.81. The van der Waals surface area contributed by atoms with Crippen molar-refractivity contribution in [3.05, 3.63) is 46.9 Å². The monoisotopic (exact) mass is 303 g/mol. The minimum absolute atomic E-state index is 0.0833. The largest absolute Gasteiger partial charge is 0.491 e. The Labute approximate surface area is 129 Å². The Hall–Kier alpha value is -1.81. The molecule has 0 saturated heterocycles. The molecule has 3 rings (SSSR count). The number of para-hydroxylation sites is 1. The molecule has 0 saturated carbocycles. The Kier molecular flexibility index (Phi) is 3.49. The molecule has 2 heterocycles. The van der Waals surface area contributed by atoms with Gasteiger partial charge in [0.15, 0.2) is 0 Å². The number of hydrogen-bond acceptors (Lipinski definition) is 4. The number of fused-ring (bicyclic) bond motifs is 1. The van der Waals surface area contributed by atoms with E-state index in [1.54, 1.807) is 6.07 Å². The Balaban J connectivity index is 1.88. The van der Waals surface area contributed by atoms with Crippen molar-refractivity contribution >= 4 is 17.4 Å². The summed E-state index contributed by atoms with van der Waals surface area (Å²) in [6.45, 7) is 6.79. The van der Waals surface area contributed by atoms with Crippen LogP contribution in [0.2, 0.25) is 5.15 Å². The number of halogens is 1. The molecular formula is C16H18ClN3O. The second-order valence-electron chi connectivity index (χ2n) is 6.20. The molecule has 0 fully saturated rings. The topological polar surface area (TPSA) is 47.0 Å². The van der Waals surface area contributed by atoms with Crippen molar-refractivity contribution in [2.75, 3.05) is 11.9 Å². The summed E-state index contributed by atoms with van der Waals surface area (Å²) in [5.74, 6) is 2.38. The molecule has 1 atom stereocenters. The summed E-state index contributed by atoms with van der Waals surface area (Å²) in [6, 6.07) is 9.85. The van der Waals surface area contributed by atoms with Crippen molar-refractivity contribution in [3.63, 3.8) is 0 Å². The van der Waals surface area contributed by atoms with Gasteiger partial charge in [-0.2, -0.15) is 0 Å². The van der Waals surface area contributed by atoms with E-state index in [9.17, 15) is 0 Å². The molecule has 1 N–H and O–H groups in total. The fraction of sp³-hybridized carbons (Fsp3) is 0.375. The zero-order valence-corrected chi connectivity index (χ0v) is 13.1. The van der Waals surface area contributed by atoms with Gasteiger partial charge >= 0.3 is 0 Å². The van der Waals surface area contributed by atoms with Gasteiger partial charge < -0.3 is 10.1 Å². The summed E-state index contributed by atoms with van der Waals surface area (Å²) in [5.41, 5.74) is 0.996. The molecule has 0 amide bonds. The lowest BCUT2D eigenvalue weighted by atomic mass is 9.96. The van der Waals surface area contributed by atoms with Gasteiger partial charge in [0.1, 0.15) is 29.2 Å². The first kappa shape index (κ1) is 14.1. The molecule has 1 aromatic carbocycles. The van der Waals surface area contributed by atoms with Gasteiger partial charge in [0.2, 0.25) is 0 Å². The van der Waals surface area contributed by atoms with Gasteiger partial charge in [-0.05, 0) is 6.07 Å². The van der Waals surface area contributed by atoms with E-state index in [1.165, 1.54) is 0 Å². The highest BCUT2D eigenvalue weighted by Crippen LogP contribution is 2.34. The minimum atomic E-state index is -0.147. The maximum absolute atomic E-state index is 6.12. The molecule has 1 aliphatic rings. The number of anilines is 1. The van der Waals surface area contributed by atoms with Crippen molar-refractivity contribution < 1.29 is 4.74 Å². The Morgan fingerprint density at radius 3 is 2.76 bits per heavy atom. The van der Waals surface area contributed by atoms with E-state index in [0.717, 1.165) is 23.0 Å². The van der Waals surface area contributed by atoms with Crippen LogP contribution in [0.1, 0.15) is 38.2 Å². The minimum Gasteiger partial charge on any atom is -0.491 e. The molecule has 0 radical (unpaired) electrons. The lowest BCUT2D eigenvalue weighted by Crippen LogP contribution is -2.19. The molecule has 1 aliphatic heterocycles. The van der Waals surface area contributed by atoms with Crippen molar-refractivity contribution in [1.82, 2.24) is 9.97 Å². The van der Waals surface area contributed by atoms with Crippen LogP contribution in [-0.4, -0.2) is 16.6 Å². The van der Waals surface area contributed by atoms with Gasteiger partial charge in [-0.15, -0.1) is 0 Å². The highest BCUT2D eigenvalue weighted by molar-refractivity contribution is 6.29. The molecule has 4 nitrogen and oxygen atoms in total. The van der Waals surface area contributed by atoms with Gasteiger partial charge in [0, 0.05) is 17.0 Å². The number of aromatic nitrogens is 2. The molecule has 0 bridgehead atoms. The van der Waals surface area contributed by atoms with Crippen LogP contribution < -0.4 is 10.1 Å². The van der Waals surface area contributed by atoms with Crippen molar-refractivity contribution in [2.45, 2.75) is 32.2 Å². The maximum atomic E-state index is 6.12. The van der Waals surface area contributed by atoms with Crippen LogP contribution in [-0.2, 0) is 5.41 Å². The second kappa shape index (κ2) is 5.19. The summed E-state index contributed by atoms with van der Waals surface area (Å²) in [7, 11) is 0. The highest BCUT2D eigenvalue weighted by Gasteiger charge is 2.25. The van der Waals surface area contributed by atoms with Gasteiger partial charge in [0.05, 0.1) is 6.04 Å². The Morgan fingerprint density at radius 2 is 2.00 bits per heavy atom. The zero-order chi connectivity index (χ0) is 15.0. The van der Waals surface area contributed by atoms with E-state index in [2.05, 4.69) is 42.1 Å². The molecule has 5 heteroatoms. The molecule has 2 aromatic rings. The molecule has 21 heavy (non-hydrogen) atoms. The molecular weight excluding hydrogens is 286 g/mol. The van der Waals surface area contributed by atoms with E-state index in [-0.39, 0.29) is 11.5 Å². The van der Waals surface area contributed by atoms with Crippen molar-refractivity contribution in [1.29, 1.82) is 0 Å². The van der Waals surface area contributed by atoms with Crippen molar-refractivity contribution in [3.8, 4) is 5.75 Å². The summed E-state index contributed by atoms with van der Waals surface area (Å²) in [6.07, 6.45) is 0. The quantitative estimate of drug-likeness (QED) is 0.853. The SMILES string of the molecule is CC(C)(C)c1nc(Cl)cc(NC2COc3ccccc32)n1. The predicted octanol–water partition coefficient (Wildman–Crippen LogP) is 3.97. The first-order valence-corrected chi connectivity index (χ1v) is 7.34. The normalized spacial score (nSPS) is 17.2. The molecule has 0 spiro atoms. The third-order valence-corrected chi connectivity index (χ3v) is 3.58. The number of benzene rings is 1. The average molecular weight is 304 g/mol. The lowest BCUT2D eigenvalue weighted by molar-refractivity contribution is 0.339. The number of rotatable bonds is 2. The van der Waals surface area contributed by atoms with Gasteiger partial charge in [-0.1, -0.05) is 50.6 Å². The van der Waals surface area contributed by atoms with Crippen LogP contribution in [0.4, 0.5) is 5.82 Å². The Morgan fingerprint density at radius 1 is 1.24 bits per heavy atom. The zero-order valence-electron chi connectivity index (χ0n) is 12.4. The third-order valence-electron chi connectivity index (χ3n) is 3.39. The van der Waals surface area contributed by atoms with Crippen LogP contribution in [0.15, 0.2) is 30.3 Å². The van der Waals surface area contributed by atoms with Crippen LogP contribution in [0.25, 0.3) is 0 Å². The smallest absolute Gasteiger partial charge is 0.137 e. The van der Waals surface area contributed by atoms with Gasteiger partial charge in [0.25, 0.3) is 0 Å². The van der Waals surface area contributed by atoms with Crippen LogP contribution in [0, 0.1) is 0 Å². The third kappa shape index (κ3) is 2.95. The van der Waals surface area contributed by atoms with E-state index >= 15 is 0 Å². The Bertz CT molecular complexity index is 667. The fourth-order valence-electron chi connectivity index (χ4n) is 2.29. The first-order chi connectivity index (χ1) is 9.93. The molecule has 1 aromatic heterocycles. The maximum Gasteiger partial charge on any atom is 0.137 e. The summed E-state index contributed by atoms with van der Waals surface area (Å²) in [5, 5.41) is 3.84. The number of hydrogen-bond donors (Lipinski definition) is 1. The summed E-state index contributed by atoms with van der Waals surface area (Å²) >= 11 is 6.12. The van der Waals surface area contributed by atoms with E-state index in [0.29, 0.717) is 11.8 Å². The standard InChI is InChI=1S/C16H18ClN3O/c1-16(2,3)15-19-13(17)8-14(20-15)18-11-9-21-12-7-5-4-6-10(11)12/h4-8,11H,9H2,1-3H3,(H,18,19,20). The molecule has 110 valence electrons. The van der Waals surface area contributed by atoms with Gasteiger partial charge in [-0.3, -0.25) is 0 Å². The second-order valence-corrected chi connectivity index (χ2v) is 6.58. The first-order valence-electron chi connectivity index (χ1n) is 6.97. The van der Waals surface area contributed by atoms with Crippen LogP contribution in [0.3, 0.4) is 0 Å². The fourth-order valence-corrected chi connectivity index (χ4v) is 2.47. The number of nitrogens with one attached hydrogen (secondary N) is 1. The highest BCUT2D eigenvalue weighted by atomic mass is 35.5. The number of ether oxygens (including phenoxy) is 1. The molecule has 0 aliphatic carbocycles.